The van der Waals surface area contributed by atoms with Crippen molar-refractivity contribution in [1.82, 2.24) is 10.6 Å². The van der Waals surface area contributed by atoms with Crippen LogP contribution in [0.3, 0.4) is 0 Å². The third kappa shape index (κ3) is 2.98. The Kier molecular flexibility index (Phi) is 3.93. The molecule has 3 heteroatoms. The zero-order chi connectivity index (χ0) is 10.6. The summed E-state index contributed by atoms with van der Waals surface area (Å²) in [6, 6.07) is 0.246. The van der Waals surface area contributed by atoms with Gasteiger partial charge in [0.1, 0.15) is 0 Å². The maximum Gasteiger partial charge on any atom is 0.226 e. The molecule has 0 saturated carbocycles. The maximum atomic E-state index is 11.9. The lowest BCUT2D eigenvalue weighted by Crippen LogP contribution is -2.42. The fraction of sp³-hybridized carbons (Fsp3) is 0.909. The average molecular weight is 198 g/mol. The van der Waals surface area contributed by atoms with Gasteiger partial charge in [0, 0.05) is 11.5 Å². The van der Waals surface area contributed by atoms with E-state index in [1.165, 1.54) is 0 Å². The lowest BCUT2D eigenvalue weighted by Gasteiger charge is -2.27. The third-order valence-corrected chi connectivity index (χ3v) is 2.90. The van der Waals surface area contributed by atoms with Gasteiger partial charge in [-0.05, 0) is 46.2 Å². The highest BCUT2D eigenvalue weighted by molar-refractivity contribution is 5.82. The van der Waals surface area contributed by atoms with Gasteiger partial charge in [0.05, 0.1) is 0 Å². The minimum atomic E-state index is -0.159. The molecule has 1 unspecified atom stereocenters. The van der Waals surface area contributed by atoms with Gasteiger partial charge in [-0.15, -0.1) is 0 Å². The van der Waals surface area contributed by atoms with Crippen molar-refractivity contribution in [2.75, 3.05) is 13.1 Å². The number of carbonyl (C=O) groups excluding carboxylic acids is 1. The summed E-state index contributed by atoms with van der Waals surface area (Å²) in [5, 5.41) is 6.34. The fourth-order valence-electron chi connectivity index (χ4n) is 1.88. The number of amides is 1. The maximum absolute atomic E-state index is 11.9. The van der Waals surface area contributed by atoms with Gasteiger partial charge >= 0.3 is 0 Å². The van der Waals surface area contributed by atoms with Crippen LogP contribution in [0.2, 0.25) is 0 Å². The summed E-state index contributed by atoms with van der Waals surface area (Å²) in [5.41, 5.74) is -0.159. The largest absolute Gasteiger partial charge is 0.353 e. The van der Waals surface area contributed by atoms with Crippen LogP contribution < -0.4 is 10.6 Å². The molecule has 0 radical (unpaired) electrons. The Morgan fingerprint density at radius 1 is 1.36 bits per heavy atom. The second-order valence-corrected chi connectivity index (χ2v) is 4.79. The Hall–Kier alpha value is -0.570. The van der Waals surface area contributed by atoms with Crippen LogP contribution in [0, 0.1) is 5.41 Å². The van der Waals surface area contributed by atoms with Gasteiger partial charge in [-0.2, -0.15) is 0 Å². The van der Waals surface area contributed by atoms with Gasteiger partial charge in [-0.25, -0.2) is 0 Å². The zero-order valence-electron chi connectivity index (χ0n) is 9.52. The van der Waals surface area contributed by atoms with Crippen LogP contribution in [-0.4, -0.2) is 25.0 Å². The first-order chi connectivity index (χ1) is 6.54. The molecule has 0 bridgehead atoms. The lowest BCUT2D eigenvalue weighted by molar-refractivity contribution is -0.131. The second-order valence-electron chi connectivity index (χ2n) is 4.79. The predicted molar refractivity (Wildman–Crippen MR) is 58.1 cm³/mol. The van der Waals surface area contributed by atoms with E-state index in [4.69, 9.17) is 0 Å². The number of hydrogen-bond acceptors (Lipinski definition) is 2. The Bertz CT molecular complexity index is 193. The van der Waals surface area contributed by atoms with E-state index < -0.39 is 0 Å². The molecule has 3 nitrogen and oxygen atoms in total. The van der Waals surface area contributed by atoms with Crippen molar-refractivity contribution in [1.29, 1.82) is 0 Å². The van der Waals surface area contributed by atoms with E-state index in [1.54, 1.807) is 0 Å². The summed E-state index contributed by atoms with van der Waals surface area (Å²) in [6.45, 7) is 8.11. The van der Waals surface area contributed by atoms with Crippen LogP contribution in [0.5, 0.6) is 0 Å². The highest BCUT2D eigenvalue weighted by Crippen LogP contribution is 2.29. The molecule has 0 aliphatic carbocycles. The molecule has 2 N–H and O–H groups in total. The van der Waals surface area contributed by atoms with E-state index in [9.17, 15) is 4.79 Å². The Balaban J connectivity index is 2.56. The van der Waals surface area contributed by atoms with Crippen molar-refractivity contribution in [2.24, 2.45) is 5.41 Å². The molecule has 1 saturated heterocycles. The summed E-state index contributed by atoms with van der Waals surface area (Å²) in [7, 11) is 0. The highest BCUT2D eigenvalue weighted by atomic mass is 16.2. The van der Waals surface area contributed by atoms with Crippen molar-refractivity contribution in [3.05, 3.63) is 0 Å². The number of nitrogens with one attached hydrogen (secondary N) is 2. The summed E-state index contributed by atoms with van der Waals surface area (Å²) >= 11 is 0. The first-order valence-corrected chi connectivity index (χ1v) is 5.56. The van der Waals surface area contributed by atoms with Crippen LogP contribution >= 0.6 is 0 Å². The Morgan fingerprint density at radius 3 is 2.71 bits per heavy atom. The summed E-state index contributed by atoms with van der Waals surface area (Å²) < 4.78 is 0. The van der Waals surface area contributed by atoms with Crippen molar-refractivity contribution in [3.8, 4) is 0 Å². The molecule has 0 aromatic rings. The smallest absolute Gasteiger partial charge is 0.226 e. The van der Waals surface area contributed by atoms with Crippen LogP contribution in [0.25, 0.3) is 0 Å². The third-order valence-electron chi connectivity index (χ3n) is 2.90. The van der Waals surface area contributed by atoms with E-state index in [-0.39, 0.29) is 17.4 Å². The number of carbonyl (C=O) groups is 1. The molecule has 1 heterocycles. The number of hydrogen-bond donors (Lipinski definition) is 2. The molecule has 1 atom stereocenters. The SMILES string of the molecule is CC(C)NC(=O)C1(C)CCCNCC1. The molecule has 14 heavy (non-hydrogen) atoms. The van der Waals surface area contributed by atoms with Crippen LogP contribution in [0.4, 0.5) is 0 Å². The van der Waals surface area contributed by atoms with Crippen LogP contribution in [-0.2, 0) is 4.79 Å². The fourth-order valence-corrected chi connectivity index (χ4v) is 1.88. The molecule has 1 amide bonds. The van der Waals surface area contributed by atoms with Crippen LogP contribution in [0.1, 0.15) is 40.0 Å². The molecule has 0 spiro atoms. The van der Waals surface area contributed by atoms with E-state index in [0.29, 0.717) is 0 Å². The van der Waals surface area contributed by atoms with Crippen LogP contribution in [0.15, 0.2) is 0 Å². The van der Waals surface area contributed by atoms with Gasteiger partial charge in [0.25, 0.3) is 0 Å². The van der Waals surface area contributed by atoms with Crippen molar-refractivity contribution >= 4 is 5.91 Å². The molecular weight excluding hydrogens is 176 g/mol. The molecule has 1 rings (SSSR count). The van der Waals surface area contributed by atoms with E-state index in [1.807, 2.05) is 13.8 Å². The molecule has 82 valence electrons. The molecule has 1 aliphatic rings. The first kappa shape index (κ1) is 11.5. The molecule has 0 aromatic carbocycles. The monoisotopic (exact) mass is 198 g/mol. The highest BCUT2D eigenvalue weighted by Gasteiger charge is 2.33. The summed E-state index contributed by atoms with van der Waals surface area (Å²) in [6.07, 6.45) is 3.05. The van der Waals surface area contributed by atoms with Gasteiger partial charge in [0.15, 0.2) is 0 Å². The molecule has 0 aromatic heterocycles. The van der Waals surface area contributed by atoms with Gasteiger partial charge in [-0.1, -0.05) is 6.92 Å². The van der Waals surface area contributed by atoms with Gasteiger partial charge in [0.2, 0.25) is 5.91 Å². The Morgan fingerprint density at radius 2 is 2.07 bits per heavy atom. The molecule has 1 fully saturated rings. The lowest BCUT2D eigenvalue weighted by atomic mass is 9.82. The normalized spacial score (nSPS) is 28.6. The zero-order valence-corrected chi connectivity index (χ0v) is 9.52. The Labute approximate surface area is 86.6 Å². The van der Waals surface area contributed by atoms with Gasteiger partial charge < -0.3 is 10.6 Å². The van der Waals surface area contributed by atoms with Crippen molar-refractivity contribution < 1.29 is 4.79 Å². The quantitative estimate of drug-likeness (QED) is 0.702. The minimum absolute atomic E-state index is 0.159. The average Bonchev–Trinajstić information content (AvgIpc) is 2.30. The molecular formula is C11H22N2O. The summed E-state index contributed by atoms with van der Waals surface area (Å²) in [4.78, 5) is 11.9. The minimum Gasteiger partial charge on any atom is -0.353 e. The predicted octanol–water partition coefficient (Wildman–Crippen LogP) is 1.29. The standard InChI is InChI=1S/C11H22N2O/c1-9(2)13-10(14)11(3)5-4-7-12-8-6-11/h9,12H,4-8H2,1-3H3,(H,13,14). The van der Waals surface area contributed by atoms with E-state index >= 15 is 0 Å². The van der Waals surface area contributed by atoms with E-state index in [2.05, 4.69) is 17.6 Å². The van der Waals surface area contributed by atoms with Crippen molar-refractivity contribution in [3.63, 3.8) is 0 Å². The first-order valence-electron chi connectivity index (χ1n) is 5.56. The van der Waals surface area contributed by atoms with E-state index in [0.717, 1.165) is 32.4 Å². The molecule has 1 aliphatic heterocycles. The van der Waals surface area contributed by atoms with Crippen molar-refractivity contribution in [2.45, 2.75) is 46.1 Å². The number of rotatable bonds is 2. The summed E-state index contributed by atoms with van der Waals surface area (Å²) in [5.74, 6) is 0.219. The second kappa shape index (κ2) is 4.78. The topological polar surface area (TPSA) is 41.1 Å². The van der Waals surface area contributed by atoms with Gasteiger partial charge in [-0.3, -0.25) is 4.79 Å².